The maximum atomic E-state index is 11.3. The van der Waals surface area contributed by atoms with E-state index < -0.39 is 22.0 Å². The van der Waals surface area contributed by atoms with E-state index in [2.05, 4.69) is 5.32 Å². The molecule has 1 fully saturated rings. The van der Waals surface area contributed by atoms with E-state index in [1.165, 1.54) is 0 Å². The molecule has 0 unspecified atom stereocenters. The van der Waals surface area contributed by atoms with Crippen LogP contribution in [-0.4, -0.2) is 37.2 Å². The molecule has 1 saturated heterocycles. The standard InChI is InChI=1S/C11H14ClNO3S/c12-9-4-2-1-3-8(9)5-13-10-6-17(15,16)7-11(10)14/h1-4,10-11,13-14H,5-7H2/t10-,11-/m1/s1. The number of hydrogen-bond donors (Lipinski definition) is 2. The van der Waals surface area contributed by atoms with Gasteiger partial charge < -0.3 is 10.4 Å². The van der Waals surface area contributed by atoms with Crippen molar-refractivity contribution >= 4 is 21.4 Å². The van der Waals surface area contributed by atoms with Crippen LogP contribution in [-0.2, 0) is 16.4 Å². The predicted molar refractivity (Wildman–Crippen MR) is 66.7 cm³/mol. The predicted octanol–water partition coefficient (Wildman–Crippen LogP) is 0.587. The summed E-state index contributed by atoms with van der Waals surface area (Å²) in [6.45, 7) is 0.455. The molecule has 1 aromatic rings. The normalized spacial score (nSPS) is 27.2. The van der Waals surface area contributed by atoms with Gasteiger partial charge in [-0.3, -0.25) is 0 Å². The molecule has 1 heterocycles. The summed E-state index contributed by atoms with van der Waals surface area (Å²) in [6.07, 6.45) is -0.831. The van der Waals surface area contributed by atoms with E-state index in [1.807, 2.05) is 18.2 Å². The number of sulfone groups is 1. The molecular weight excluding hydrogens is 262 g/mol. The van der Waals surface area contributed by atoms with Crippen LogP contribution in [0.2, 0.25) is 5.02 Å². The zero-order chi connectivity index (χ0) is 12.5. The molecule has 0 bridgehead atoms. The van der Waals surface area contributed by atoms with Gasteiger partial charge in [-0.2, -0.15) is 0 Å². The van der Waals surface area contributed by atoms with E-state index in [9.17, 15) is 13.5 Å². The number of aliphatic hydroxyl groups excluding tert-OH is 1. The fraction of sp³-hybridized carbons (Fsp3) is 0.455. The number of rotatable bonds is 3. The Hall–Kier alpha value is -0.620. The number of aliphatic hydroxyl groups is 1. The molecule has 4 nitrogen and oxygen atoms in total. The van der Waals surface area contributed by atoms with Crippen molar-refractivity contribution in [2.24, 2.45) is 0 Å². The van der Waals surface area contributed by atoms with Crippen LogP contribution in [0.3, 0.4) is 0 Å². The summed E-state index contributed by atoms with van der Waals surface area (Å²) >= 11 is 5.98. The third-order valence-corrected chi connectivity index (χ3v) is 4.92. The van der Waals surface area contributed by atoms with Crippen molar-refractivity contribution in [2.75, 3.05) is 11.5 Å². The summed E-state index contributed by atoms with van der Waals surface area (Å²) in [5.74, 6) is -0.175. The number of benzene rings is 1. The fourth-order valence-electron chi connectivity index (χ4n) is 1.91. The largest absolute Gasteiger partial charge is 0.390 e. The van der Waals surface area contributed by atoms with Gasteiger partial charge in [-0.1, -0.05) is 29.8 Å². The minimum absolute atomic E-state index is 0.0153. The highest BCUT2D eigenvalue weighted by atomic mass is 35.5. The smallest absolute Gasteiger partial charge is 0.154 e. The van der Waals surface area contributed by atoms with Crippen LogP contribution in [0.25, 0.3) is 0 Å². The second-order valence-electron chi connectivity index (χ2n) is 4.22. The first-order chi connectivity index (χ1) is 7.98. The van der Waals surface area contributed by atoms with Gasteiger partial charge in [0.25, 0.3) is 0 Å². The second-order valence-corrected chi connectivity index (χ2v) is 6.78. The molecular formula is C11H14ClNO3S. The second kappa shape index (κ2) is 4.94. The lowest BCUT2D eigenvalue weighted by molar-refractivity contribution is 0.165. The summed E-state index contributed by atoms with van der Waals surface area (Å²) in [6, 6.07) is 6.94. The van der Waals surface area contributed by atoms with E-state index in [0.29, 0.717) is 11.6 Å². The summed E-state index contributed by atoms with van der Waals surface area (Å²) in [4.78, 5) is 0. The summed E-state index contributed by atoms with van der Waals surface area (Å²) in [5, 5.41) is 13.3. The molecule has 1 aliphatic rings. The van der Waals surface area contributed by atoms with E-state index in [0.717, 1.165) is 5.56 Å². The first-order valence-corrected chi connectivity index (χ1v) is 7.53. The average Bonchev–Trinajstić information content (AvgIpc) is 2.51. The zero-order valence-electron chi connectivity index (χ0n) is 9.14. The van der Waals surface area contributed by atoms with Gasteiger partial charge in [0, 0.05) is 17.6 Å². The van der Waals surface area contributed by atoms with E-state index >= 15 is 0 Å². The monoisotopic (exact) mass is 275 g/mol. The van der Waals surface area contributed by atoms with Crippen molar-refractivity contribution in [3.05, 3.63) is 34.9 Å². The molecule has 2 rings (SSSR count). The van der Waals surface area contributed by atoms with Crippen molar-refractivity contribution in [3.8, 4) is 0 Å². The van der Waals surface area contributed by atoms with Gasteiger partial charge in [-0.05, 0) is 11.6 Å². The third-order valence-electron chi connectivity index (χ3n) is 2.84. The molecule has 17 heavy (non-hydrogen) atoms. The Balaban J connectivity index is 1.98. The highest BCUT2D eigenvalue weighted by Gasteiger charge is 2.35. The molecule has 0 saturated carbocycles. The molecule has 1 aromatic carbocycles. The Bertz CT molecular complexity index is 503. The van der Waals surface area contributed by atoms with Crippen LogP contribution in [0, 0.1) is 0 Å². The van der Waals surface area contributed by atoms with Gasteiger partial charge in [0.1, 0.15) is 0 Å². The van der Waals surface area contributed by atoms with Crippen molar-refractivity contribution < 1.29 is 13.5 Å². The van der Waals surface area contributed by atoms with Gasteiger partial charge in [0.05, 0.1) is 17.6 Å². The number of nitrogens with one attached hydrogen (secondary N) is 1. The molecule has 2 N–H and O–H groups in total. The first-order valence-electron chi connectivity index (χ1n) is 5.33. The summed E-state index contributed by atoms with van der Waals surface area (Å²) in [7, 11) is -3.10. The number of halogens is 1. The quantitative estimate of drug-likeness (QED) is 0.847. The summed E-state index contributed by atoms with van der Waals surface area (Å²) in [5.41, 5.74) is 0.894. The minimum Gasteiger partial charge on any atom is -0.390 e. The Kier molecular flexibility index (Phi) is 3.73. The molecule has 1 aliphatic heterocycles. The van der Waals surface area contributed by atoms with Gasteiger partial charge in [0.2, 0.25) is 0 Å². The van der Waals surface area contributed by atoms with Crippen molar-refractivity contribution in [3.63, 3.8) is 0 Å². The molecule has 0 aliphatic carbocycles. The van der Waals surface area contributed by atoms with Crippen molar-refractivity contribution in [1.82, 2.24) is 5.32 Å². The van der Waals surface area contributed by atoms with Crippen molar-refractivity contribution in [1.29, 1.82) is 0 Å². The minimum atomic E-state index is -3.10. The average molecular weight is 276 g/mol. The van der Waals surface area contributed by atoms with Crippen LogP contribution in [0.5, 0.6) is 0 Å². The van der Waals surface area contributed by atoms with Crippen LogP contribution in [0.15, 0.2) is 24.3 Å². The molecule has 0 radical (unpaired) electrons. The fourth-order valence-corrected chi connectivity index (χ4v) is 3.89. The SMILES string of the molecule is O=S1(=O)C[C@@H](O)[C@H](NCc2ccccc2Cl)C1. The van der Waals surface area contributed by atoms with Crippen LogP contribution >= 0.6 is 11.6 Å². The Morgan fingerprint density at radius 3 is 2.65 bits per heavy atom. The maximum Gasteiger partial charge on any atom is 0.154 e. The highest BCUT2D eigenvalue weighted by Crippen LogP contribution is 2.17. The molecule has 0 spiro atoms. The van der Waals surface area contributed by atoms with E-state index in [-0.39, 0.29) is 11.5 Å². The highest BCUT2D eigenvalue weighted by molar-refractivity contribution is 7.91. The lowest BCUT2D eigenvalue weighted by atomic mass is 10.2. The van der Waals surface area contributed by atoms with Crippen LogP contribution in [0.4, 0.5) is 0 Å². The van der Waals surface area contributed by atoms with E-state index in [4.69, 9.17) is 11.6 Å². The molecule has 6 heteroatoms. The zero-order valence-corrected chi connectivity index (χ0v) is 10.7. The van der Waals surface area contributed by atoms with Crippen LogP contribution < -0.4 is 5.32 Å². The topological polar surface area (TPSA) is 66.4 Å². The maximum absolute atomic E-state index is 11.3. The first kappa shape index (κ1) is 12.8. The Morgan fingerprint density at radius 2 is 2.06 bits per heavy atom. The van der Waals surface area contributed by atoms with Gasteiger partial charge in [-0.25, -0.2) is 8.42 Å². The third kappa shape index (κ3) is 3.19. The van der Waals surface area contributed by atoms with E-state index in [1.54, 1.807) is 6.07 Å². The Labute approximate surface area is 106 Å². The molecule has 0 amide bonds. The van der Waals surface area contributed by atoms with Crippen LogP contribution in [0.1, 0.15) is 5.56 Å². The molecule has 2 atom stereocenters. The van der Waals surface area contributed by atoms with Gasteiger partial charge in [-0.15, -0.1) is 0 Å². The van der Waals surface area contributed by atoms with Crippen molar-refractivity contribution in [2.45, 2.75) is 18.7 Å². The number of hydrogen-bond acceptors (Lipinski definition) is 4. The van der Waals surface area contributed by atoms with Gasteiger partial charge >= 0.3 is 0 Å². The summed E-state index contributed by atoms with van der Waals surface area (Å²) < 4.78 is 22.6. The molecule has 0 aromatic heterocycles. The Morgan fingerprint density at radius 1 is 1.35 bits per heavy atom. The molecule has 94 valence electrons. The lowest BCUT2D eigenvalue weighted by Crippen LogP contribution is -2.38. The lowest BCUT2D eigenvalue weighted by Gasteiger charge is -2.15. The van der Waals surface area contributed by atoms with Gasteiger partial charge in [0.15, 0.2) is 9.84 Å².